The molecule has 104 valence electrons. The number of benzene rings is 1. The van der Waals surface area contributed by atoms with Crippen molar-refractivity contribution in [1.82, 2.24) is 0 Å². The number of carbonyl (C=O) groups excluding carboxylic acids is 1. The fraction of sp³-hybridized carbons (Fsp3) is 0.471. The van der Waals surface area contributed by atoms with Crippen molar-refractivity contribution in [3.05, 3.63) is 47.2 Å². The van der Waals surface area contributed by atoms with Crippen LogP contribution in [0.3, 0.4) is 0 Å². The highest BCUT2D eigenvalue weighted by Crippen LogP contribution is 2.19. The van der Waals surface area contributed by atoms with E-state index in [0.29, 0.717) is 5.92 Å². The molecule has 1 rings (SSSR count). The summed E-state index contributed by atoms with van der Waals surface area (Å²) in [4.78, 5) is 10.6. The van der Waals surface area contributed by atoms with E-state index in [9.17, 15) is 4.79 Å². The van der Waals surface area contributed by atoms with Gasteiger partial charge in [-0.1, -0.05) is 50.6 Å². The summed E-state index contributed by atoms with van der Waals surface area (Å²) in [5.74, 6) is 0.658. The highest BCUT2D eigenvalue weighted by Gasteiger charge is 2.08. The van der Waals surface area contributed by atoms with Crippen LogP contribution in [0.25, 0.3) is 0 Å². The van der Waals surface area contributed by atoms with Crippen LogP contribution in [0.15, 0.2) is 36.0 Å². The monoisotopic (exact) mass is 259 g/mol. The van der Waals surface area contributed by atoms with Crippen molar-refractivity contribution in [2.75, 3.05) is 0 Å². The van der Waals surface area contributed by atoms with Crippen molar-refractivity contribution >= 4 is 6.29 Å². The van der Waals surface area contributed by atoms with Crippen LogP contribution in [0.1, 0.15) is 55.5 Å². The highest BCUT2D eigenvalue weighted by atomic mass is 16.1. The fourth-order valence-corrected chi connectivity index (χ4v) is 2.25. The molecule has 0 saturated heterocycles. The van der Waals surface area contributed by atoms with Gasteiger partial charge in [0.2, 0.25) is 0 Å². The van der Waals surface area contributed by atoms with Gasteiger partial charge in [0.1, 0.15) is 6.29 Å². The van der Waals surface area contributed by atoms with E-state index in [1.807, 2.05) is 12.1 Å². The average molecular weight is 259 g/mol. The number of hydrogen-bond acceptors (Lipinski definition) is 2. The third-order valence-electron chi connectivity index (χ3n) is 3.53. The van der Waals surface area contributed by atoms with Crippen LogP contribution in [0, 0.1) is 5.92 Å². The Labute approximate surface area is 116 Å². The van der Waals surface area contributed by atoms with Crippen LogP contribution in [-0.2, 0) is 6.42 Å². The minimum absolute atomic E-state index is 0.658. The zero-order valence-electron chi connectivity index (χ0n) is 12.1. The van der Waals surface area contributed by atoms with E-state index >= 15 is 0 Å². The fourth-order valence-electron chi connectivity index (χ4n) is 2.25. The van der Waals surface area contributed by atoms with E-state index in [1.165, 1.54) is 5.56 Å². The molecule has 0 aliphatic rings. The van der Waals surface area contributed by atoms with Gasteiger partial charge >= 0.3 is 0 Å². The normalized spacial score (nSPS) is 13.3. The average Bonchev–Trinajstić information content (AvgIpc) is 2.44. The SMILES string of the molecule is CC/C=C(/N)CCC(CC)Cc1ccc(C=O)cc1. The first-order valence-electron chi connectivity index (χ1n) is 7.18. The van der Waals surface area contributed by atoms with Gasteiger partial charge in [-0.2, -0.15) is 0 Å². The van der Waals surface area contributed by atoms with Crippen LogP contribution in [0.2, 0.25) is 0 Å². The topological polar surface area (TPSA) is 43.1 Å². The summed E-state index contributed by atoms with van der Waals surface area (Å²) in [6.45, 7) is 4.34. The smallest absolute Gasteiger partial charge is 0.150 e. The number of nitrogens with two attached hydrogens (primary N) is 1. The number of rotatable bonds is 8. The van der Waals surface area contributed by atoms with E-state index < -0.39 is 0 Å². The molecular formula is C17H25NO. The summed E-state index contributed by atoms with van der Waals surface area (Å²) in [6, 6.07) is 7.88. The Hall–Kier alpha value is -1.57. The second-order valence-electron chi connectivity index (χ2n) is 5.06. The summed E-state index contributed by atoms with van der Waals surface area (Å²) in [5.41, 5.74) is 9.00. The molecule has 0 aliphatic carbocycles. The number of hydrogen-bond donors (Lipinski definition) is 1. The van der Waals surface area contributed by atoms with Crippen LogP contribution in [0.5, 0.6) is 0 Å². The number of carbonyl (C=O) groups is 1. The van der Waals surface area contributed by atoms with Gasteiger partial charge in [-0.15, -0.1) is 0 Å². The standard InChI is InChI=1S/C17H25NO/c1-3-5-17(18)11-10-14(4-2)12-15-6-8-16(13-19)9-7-15/h5-9,13-14H,3-4,10-12,18H2,1-2H3/b17-5+. The van der Waals surface area contributed by atoms with Crippen molar-refractivity contribution in [2.24, 2.45) is 11.7 Å². The second kappa shape index (κ2) is 8.52. The van der Waals surface area contributed by atoms with Gasteiger partial charge in [-0.3, -0.25) is 4.79 Å². The van der Waals surface area contributed by atoms with Gasteiger partial charge in [0.25, 0.3) is 0 Å². The van der Waals surface area contributed by atoms with E-state index in [4.69, 9.17) is 5.73 Å². The quantitative estimate of drug-likeness (QED) is 0.714. The largest absolute Gasteiger partial charge is 0.402 e. The lowest BCUT2D eigenvalue weighted by Crippen LogP contribution is -2.06. The van der Waals surface area contributed by atoms with E-state index in [2.05, 4.69) is 32.1 Å². The van der Waals surface area contributed by atoms with Gasteiger partial charge < -0.3 is 5.73 Å². The van der Waals surface area contributed by atoms with Crippen LogP contribution >= 0.6 is 0 Å². The molecule has 0 fully saturated rings. The molecule has 1 aromatic rings. The Bertz CT molecular complexity index is 406. The van der Waals surface area contributed by atoms with Crippen molar-refractivity contribution in [2.45, 2.75) is 46.0 Å². The third-order valence-corrected chi connectivity index (χ3v) is 3.53. The zero-order valence-corrected chi connectivity index (χ0v) is 12.1. The molecule has 1 atom stereocenters. The van der Waals surface area contributed by atoms with Crippen LogP contribution < -0.4 is 5.73 Å². The molecule has 0 saturated carbocycles. The molecule has 0 spiro atoms. The Morgan fingerprint density at radius 2 is 1.95 bits per heavy atom. The van der Waals surface area contributed by atoms with Gasteiger partial charge in [-0.25, -0.2) is 0 Å². The first kappa shape index (κ1) is 15.5. The van der Waals surface area contributed by atoms with Crippen LogP contribution in [0.4, 0.5) is 0 Å². The lowest BCUT2D eigenvalue weighted by atomic mass is 9.91. The molecule has 0 aromatic heterocycles. The van der Waals surface area contributed by atoms with E-state index in [0.717, 1.165) is 49.7 Å². The Kier molecular flexibility index (Phi) is 6.94. The molecule has 0 amide bonds. The molecule has 2 nitrogen and oxygen atoms in total. The molecule has 19 heavy (non-hydrogen) atoms. The maximum absolute atomic E-state index is 10.6. The molecular weight excluding hydrogens is 234 g/mol. The summed E-state index contributed by atoms with van der Waals surface area (Å²) in [6.07, 6.45) is 8.34. The lowest BCUT2D eigenvalue weighted by Gasteiger charge is -2.15. The Balaban J connectivity index is 2.51. The lowest BCUT2D eigenvalue weighted by molar-refractivity contribution is 0.112. The molecule has 1 unspecified atom stereocenters. The molecule has 0 aliphatic heterocycles. The van der Waals surface area contributed by atoms with Crippen molar-refractivity contribution < 1.29 is 4.79 Å². The molecule has 0 heterocycles. The van der Waals surface area contributed by atoms with E-state index in [-0.39, 0.29) is 0 Å². The number of aldehydes is 1. The molecule has 0 bridgehead atoms. The molecule has 0 radical (unpaired) electrons. The molecule has 2 N–H and O–H groups in total. The van der Waals surface area contributed by atoms with Gasteiger partial charge in [-0.05, 0) is 37.2 Å². The number of allylic oxidation sites excluding steroid dienone is 2. The minimum atomic E-state index is 0.658. The van der Waals surface area contributed by atoms with Crippen molar-refractivity contribution in [1.29, 1.82) is 0 Å². The first-order valence-corrected chi connectivity index (χ1v) is 7.18. The predicted molar refractivity (Wildman–Crippen MR) is 81.1 cm³/mol. The van der Waals surface area contributed by atoms with Gasteiger partial charge in [0.05, 0.1) is 0 Å². The van der Waals surface area contributed by atoms with Gasteiger partial charge in [0, 0.05) is 11.3 Å². The first-order chi connectivity index (χ1) is 9.19. The second-order valence-corrected chi connectivity index (χ2v) is 5.06. The molecule has 1 aromatic carbocycles. The Morgan fingerprint density at radius 1 is 1.26 bits per heavy atom. The maximum atomic E-state index is 10.6. The third kappa shape index (κ3) is 5.73. The van der Waals surface area contributed by atoms with E-state index in [1.54, 1.807) is 0 Å². The minimum Gasteiger partial charge on any atom is -0.402 e. The van der Waals surface area contributed by atoms with Crippen molar-refractivity contribution in [3.63, 3.8) is 0 Å². The Morgan fingerprint density at radius 3 is 2.47 bits per heavy atom. The maximum Gasteiger partial charge on any atom is 0.150 e. The summed E-state index contributed by atoms with van der Waals surface area (Å²) < 4.78 is 0. The summed E-state index contributed by atoms with van der Waals surface area (Å²) in [7, 11) is 0. The predicted octanol–water partition coefficient (Wildman–Crippen LogP) is 4.10. The van der Waals surface area contributed by atoms with Crippen LogP contribution in [-0.4, -0.2) is 6.29 Å². The van der Waals surface area contributed by atoms with Crippen molar-refractivity contribution in [3.8, 4) is 0 Å². The highest BCUT2D eigenvalue weighted by molar-refractivity contribution is 5.74. The zero-order chi connectivity index (χ0) is 14.1. The summed E-state index contributed by atoms with van der Waals surface area (Å²) in [5, 5.41) is 0. The molecule has 2 heteroatoms. The summed E-state index contributed by atoms with van der Waals surface area (Å²) >= 11 is 0. The van der Waals surface area contributed by atoms with Gasteiger partial charge in [0.15, 0.2) is 0 Å².